The lowest BCUT2D eigenvalue weighted by molar-refractivity contribution is -0.123. The van der Waals surface area contributed by atoms with E-state index in [0.717, 1.165) is 18.4 Å². The van der Waals surface area contributed by atoms with Crippen LogP contribution in [0.15, 0.2) is 54.6 Å². The van der Waals surface area contributed by atoms with Crippen molar-refractivity contribution in [3.63, 3.8) is 0 Å². The van der Waals surface area contributed by atoms with Crippen molar-refractivity contribution >= 4 is 17.9 Å². The molecule has 0 unspecified atom stereocenters. The van der Waals surface area contributed by atoms with Gasteiger partial charge in [0.05, 0.1) is 12.2 Å². The van der Waals surface area contributed by atoms with E-state index in [0.29, 0.717) is 17.9 Å². The lowest BCUT2D eigenvalue weighted by atomic mass is 10.2. The van der Waals surface area contributed by atoms with Crippen LogP contribution < -0.4 is 15.4 Å². The summed E-state index contributed by atoms with van der Waals surface area (Å²) in [5.74, 6) is -0.698. The van der Waals surface area contributed by atoms with Gasteiger partial charge in [-0.15, -0.1) is 0 Å². The Labute approximate surface area is 164 Å². The molecule has 0 aromatic heterocycles. The number of imide groups is 1. The summed E-state index contributed by atoms with van der Waals surface area (Å²) in [5, 5.41) is 4.66. The first kappa shape index (κ1) is 21.0. The van der Waals surface area contributed by atoms with Gasteiger partial charge < -0.3 is 14.8 Å². The average Bonchev–Trinajstić information content (AvgIpc) is 2.72. The molecule has 0 fully saturated rings. The molecule has 2 N–H and O–H groups in total. The van der Waals surface area contributed by atoms with Gasteiger partial charge in [-0.1, -0.05) is 43.7 Å². The zero-order valence-electron chi connectivity index (χ0n) is 15.8. The second-order valence-corrected chi connectivity index (χ2v) is 6.02. The Morgan fingerprint density at radius 1 is 0.964 bits per heavy atom. The van der Waals surface area contributed by atoms with Gasteiger partial charge in [-0.2, -0.15) is 0 Å². The van der Waals surface area contributed by atoms with Crippen molar-refractivity contribution in [1.82, 2.24) is 10.6 Å². The topological polar surface area (TPSA) is 93.7 Å². The zero-order chi connectivity index (χ0) is 20.2. The second-order valence-electron chi connectivity index (χ2n) is 6.02. The van der Waals surface area contributed by atoms with Crippen LogP contribution in [0, 0.1) is 0 Å². The van der Waals surface area contributed by atoms with Gasteiger partial charge in [0, 0.05) is 6.54 Å². The summed E-state index contributed by atoms with van der Waals surface area (Å²) in [6.45, 7) is 2.43. The highest BCUT2D eigenvalue weighted by Crippen LogP contribution is 2.13. The summed E-state index contributed by atoms with van der Waals surface area (Å²) in [5.41, 5.74) is 1.20. The summed E-state index contributed by atoms with van der Waals surface area (Å²) in [6.07, 6.45) is 1.99. The first-order valence-electron chi connectivity index (χ1n) is 9.10. The van der Waals surface area contributed by atoms with Crippen LogP contribution in [0.5, 0.6) is 5.75 Å². The minimum atomic E-state index is -0.710. The van der Waals surface area contributed by atoms with E-state index in [2.05, 4.69) is 17.6 Å². The van der Waals surface area contributed by atoms with Crippen LogP contribution in [0.1, 0.15) is 35.7 Å². The summed E-state index contributed by atoms with van der Waals surface area (Å²) in [4.78, 5) is 35.4. The van der Waals surface area contributed by atoms with Crippen molar-refractivity contribution in [3.05, 3.63) is 65.7 Å². The van der Waals surface area contributed by atoms with E-state index in [1.807, 2.05) is 30.3 Å². The van der Waals surface area contributed by atoms with Crippen LogP contribution in [0.3, 0.4) is 0 Å². The molecule has 148 valence electrons. The maximum Gasteiger partial charge on any atom is 0.338 e. The third kappa shape index (κ3) is 7.49. The first-order valence-corrected chi connectivity index (χ1v) is 9.10. The molecule has 28 heavy (non-hydrogen) atoms. The van der Waals surface area contributed by atoms with Gasteiger partial charge in [-0.25, -0.2) is 9.59 Å². The fourth-order valence-corrected chi connectivity index (χ4v) is 2.22. The lowest BCUT2D eigenvalue weighted by Gasteiger charge is -2.08. The first-order chi connectivity index (χ1) is 13.6. The van der Waals surface area contributed by atoms with Crippen LogP contribution in [0.4, 0.5) is 4.79 Å². The highest BCUT2D eigenvalue weighted by molar-refractivity contribution is 5.97. The van der Waals surface area contributed by atoms with E-state index in [1.54, 1.807) is 24.3 Å². The number of hydrogen-bond donors (Lipinski definition) is 2. The van der Waals surface area contributed by atoms with E-state index in [-0.39, 0.29) is 6.54 Å². The normalized spacial score (nSPS) is 10.0. The number of urea groups is 1. The molecule has 0 heterocycles. The Hall–Kier alpha value is -3.35. The average molecular weight is 384 g/mol. The molecule has 0 aliphatic rings. The number of carbonyl (C=O) groups excluding carboxylic acids is 3. The molecule has 0 aliphatic carbocycles. The van der Waals surface area contributed by atoms with Crippen LogP contribution in [-0.2, 0) is 16.1 Å². The molecule has 0 spiro atoms. The van der Waals surface area contributed by atoms with Gasteiger partial charge >= 0.3 is 12.0 Å². The number of ether oxygens (including phenoxy) is 2. The number of benzene rings is 2. The van der Waals surface area contributed by atoms with Crippen LogP contribution in [0.2, 0.25) is 0 Å². The van der Waals surface area contributed by atoms with Gasteiger partial charge in [0.25, 0.3) is 5.91 Å². The lowest BCUT2D eigenvalue weighted by Crippen LogP contribution is -2.41. The van der Waals surface area contributed by atoms with Gasteiger partial charge in [0.2, 0.25) is 0 Å². The molecule has 0 atom stereocenters. The molecule has 2 aromatic carbocycles. The monoisotopic (exact) mass is 384 g/mol. The quantitative estimate of drug-likeness (QED) is 0.512. The Morgan fingerprint density at radius 2 is 1.68 bits per heavy atom. The molecule has 0 bridgehead atoms. The van der Waals surface area contributed by atoms with Gasteiger partial charge in [-0.05, 0) is 36.2 Å². The van der Waals surface area contributed by atoms with Crippen LogP contribution in [0.25, 0.3) is 0 Å². The Bertz CT molecular complexity index is 775. The largest absolute Gasteiger partial charge is 0.494 e. The highest BCUT2D eigenvalue weighted by atomic mass is 16.5. The molecule has 0 saturated carbocycles. The molecule has 0 aliphatic heterocycles. The maximum absolute atomic E-state index is 12.0. The number of unbranched alkanes of at least 4 members (excludes halogenated alkanes) is 1. The molecular weight excluding hydrogens is 360 g/mol. The summed E-state index contributed by atoms with van der Waals surface area (Å²) in [7, 11) is 0. The molecule has 0 radical (unpaired) electrons. The molecule has 2 rings (SSSR count). The fourth-order valence-electron chi connectivity index (χ4n) is 2.22. The molecule has 2 aromatic rings. The van der Waals surface area contributed by atoms with Crippen molar-refractivity contribution in [2.24, 2.45) is 0 Å². The minimum absolute atomic E-state index is 0.284. The van der Waals surface area contributed by atoms with Crippen molar-refractivity contribution in [3.8, 4) is 5.75 Å². The van der Waals surface area contributed by atoms with Gasteiger partial charge in [0.15, 0.2) is 6.61 Å². The molecule has 3 amide bonds. The number of hydrogen-bond acceptors (Lipinski definition) is 5. The highest BCUT2D eigenvalue weighted by Gasteiger charge is 2.12. The van der Waals surface area contributed by atoms with Crippen LogP contribution in [-0.4, -0.2) is 31.1 Å². The number of rotatable bonds is 9. The maximum atomic E-state index is 12.0. The summed E-state index contributed by atoms with van der Waals surface area (Å²) < 4.78 is 10.4. The Morgan fingerprint density at radius 3 is 2.36 bits per heavy atom. The smallest absolute Gasteiger partial charge is 0.338 e. The molecule has 0 saturated heterocycles. The van der Waals surface area contributed by atoms with E-state index < -0.39 is 24.5 Å². The standard InChI is InChI=1S/C21H24N2O5/c1-2-3-13-27-18-11-9-17(10-12-18)20(25)28-15-19(24)23-21(26)22-14-16-7-5-4-6-8-16/h4-12H,2-3,13-15H2,1H3,(H2,22,23,24,26). The van der Waals surface area contributed by atoms with E-state index in [9.17, 15) is 14.4 Å². The fraction of sp³-hybridized carbons (Fsp3) is 0.286. The van der Waals surface area contributed by atoms with Crippen molar-refractivity contribution < 1.29 is 23.9 Å². The number of carbonyl (C=O) groups is 3. The van der Waals surface area contributed by atoms with Crippen molar-refractivity contribution in [2.45, 2.75) is 26.3 Å². The van der Waals surface area contributed by atoms with E-state index in [4.69, 9.17) is 9.47 Å². The third-order valence-corrected chi connectivity index (χ3v) is 3.74. The summed E-state index contributed by atoms with van der Waals surface area (Å²) in [6, 6.07) is 15.1. The number of amides is 3. The molecule has 7 heteroatoms. The van der Waals surface area contributed by atoms with Gasteiger partial charge in [-0.3, -0.25) is 10.1 Å². The van der Waals surface area contributed by atoms with E-state index >= 15 is 0 Å². The SMILES string of the molecule is CCCCOc1ccc(C(=O)OCC(=O)NC(=O)NCc2ccccc2)cc1. The minimum Gasteiger partial charge on any atom is -0.494 e. The predicted octanol–water partition coefficient (Wildman–Crippen LogP) is 3.05. The van der Waals surface area contributed by atoms with Crippen molar-refractivity contribution in [2.75, 3.05) is 13.2 Å². The van der Waals surface area contributed by atoms with Gasteiger partial charge in [0.1, 0.15) is 5.75 Å². The Kier molecular flexibility index (Phi) is 8.52. The third-order valence-electron chi connectivity index (χ3n) is 3.74. The Balaban J connectivity index is 1.69. The van der Waals surface area contributed by atoms with Crippen molar-refractivity contribution in [1.29, 1.82) is 0 Å². The second kappa shape index (κ2) is 11.4. The predicted molar refractivity (Wildman–Crippen MR) is 104 cm³/mol. The molecule has 7 nitrogen and oxygen atoms in total. The van der Waals surface area contributed by atoms with E-state index in [1.165, 1.54) is 0 Å². The number of nitrogens with one attached hydrogen (secondary N) is 2. The molecular formula is C21H24N2O5. The van der Waals surface area contributed by atoms with Crippen LogP contribution >= 0.6 is 0 Å². The zero-order valence-corrected chi connectivity index (χ0v) is 15.8. The number of esters is 1. The summed E-state index contributed by atoms with van der Waals surface area (Å²) >= 11 is 0.